The van der Waals surface area contributed by atoms with Crippen LogP contribution in [0.15, 0.2) is 35.2 Å². The lowest BCUT2D eigenvalue weighted by Gasteiger charge is -2.30. The molecule has 0 radical (unpaired) electrons. The number of carbonyl (C=O) groups excluding carboxylic acids is 1. The Morgan fingerprint density at radius 1 is 1.31 bits per heavy atom. The third-order valence-electron chi connectivity index (χ3n) is 4.88. The Balaban J connectivity index is 0.00000300. The summed E-state index contributed by atoms with van der Waals surface area (Å²) in [4.78, 5) is 16.0. The second kappa shape index (κ2) is 9.72. The van der Waals surface area contributed by atoms with Crippen molar-refractivity contribution in [2.24, 2.45) is 0 Å². The normalized spacial score (nSPS) is 14.0. The molecule has 0 unspecified atom stereocenters. The highest BCUT2D eigenvalue weighted by atomic mass is 35.5. The van der Waals surface area contributed by atoms with Crippen LogP contribution in [0.25, 0.3) is 0 Å². The lowest BCUT2D eigenvalue weighted by Crippen LogP contribution is -2.35. The second-order valence-corrected chi connectivity index (χ2v) is 10.3. The van der Waals surface area contributed by atoms with Gasteiger partial charge in [0, 0.05) is 30.4 Å². The van der Waals surface area contributed by atoms with Gasteiger partial charge in [0.25, 0.3) is 0 Å². The minimum absolute atomic E-state index is 0. The fraction of sp³-hybridized carbons (Fsp3) is 0.400. The SMILES string of the molecule is CC(C)N1CCc2c(sc(NC(=O)CCS(=O)(=O)c3ccccc3)c2C#N)C1.Cl. The number of sulfone groups is 1. The van der Waals surface area contributed by atoms with Crippen LogP contribution in [0.4, 0.5) is 5.00 Å². The fourth-order valence-corrected chi connectivity index (χ4v) is 5.73. The first kappa shape index (κ1) is 23.4. The minimum Gasteiger partial charge on any atom is -0.317 e. The molecule has 156 valence electrons. The van der Waals surface area contributed by atoms with Gasteiger partial charge in [0.05, 0.1) is 16.2 Å². The van der Waals surface area contributed by atoms with Crippen molar-refractivity contribution < 1.29 is 13.2 Å². The molecular formula is C20H24ClN3O3S2. The van der Waals surface area contributed by atoms with E-state index < -0.39 is 15.7 Å². The Bertz CT molecular complexity index is 1010. The van der Waals surface area contributed by atoms with Crippen LogP contribution in [0.1, 0.15) is 36.3 Å². The molecule has 0 atom stereocenters. The monoisotopic (exact) mass is 453 g/mol. The standard InChI is InChI=1S/C20H23N3O3S2.ClH/c1-14(2)23-10-8-16-17(12-21)20(27-18(16)13-23)22-19(24)9-11-28(25,26)15-6-4-3-5-7-15;/h3-7,14H,8-11,13H2,1-2H3,(H,22,24);1H. The van der Waals surface area contributed by atoms with Crippen molar-refractivity contribution in [3.63, 3.8) is 0 Å². The number of rotatable bonds is 6. The van der Waals surface area contributed by atoms with Gasteiger partial charge in [-0.25, -0.2) is 8.42 Å². The van der Waals surface area contributed by atoms with Gasteiger partial charge in [-0.2, -0.15) is 5.26 Å². The molecule has 0 bridgehead atoms. The summed E-state index contributed by atoms with van der Waals surface area (Å²) in [6.07, 6.45) is 0.633. The van der Waals surface area contributed by atoms with E-state index in [1.165, 1.54) is 23.5 Å². The predicted octanol–water partition coefficient (Wildman–Crippen LogP) is 3.61. The molecule has 6 nitrogen and oxygen atoms in total. The summed E-state index contributed by atoms with van der Waals surface area (Å²) in [6, 6.07) is 10.7. The van der Waals surface area contributed by atoms with E-state index in [2.05, 4.69) is 30.1 Å². The second-order valence-electron chi connectivity index (χ2n) is 7.06. The third kappa shape index (κ3) is 5.37. The van der Waals surface area contributed by atoms with Crippen molar-refractivity contribution in [3.05, 3.63) is 46.3 Å². The first-order chi connectivity index (χ1) is 13.3. The van der Waals surface area contributed by atoms with E-state index in [0.717, 1.165) is 30.0 Å². The molecule has 1 amide bonds. The van der Waals surface area contributed by atoms with Crippen LogP contribution in [0, 0.1) is 11.3 Å². The number of nitrogens with one attached hydrogen (secondary N) is 1. The van der Waals surface area contributed by atoms with E-state index in [-0.39, 0.29) is 29.5 Å². The highest BCUT2D eigenvalue weighted by molar-refractivity contribution is 7.91. The number of halogens is 1. The van der Waals surface area contributed by atoms with Crippen LogP contribution in [-0.2, 0) is 27.6 Å². The Hall–Kier alpha value is -1.92. The lowest BCUT2D eigenvalue weighted by atomic mass is 10.0. The zero-order valence-corrected chi connectivity index (χ0v) is 18.8. The smallest absolute Gasteiger partial charge is 0.226 e. The van der Waals surface area contributed by atoms with E-state index in [1.807, 2.05) is 0 Å². The van der Waals surface area contributed by atoms with Gasteiger partial charge in [-0.3, -0.25) is 9.69 Å². The molecule has 1 aliphatic heterocycles. The van der Waals surface area contributed by atoms with Crippen molar-refractivity contribution in [2.75, 3.05) is 17.6 Å². The summed E-state index contributed by atoms with van der Waals surface area (Å²) in [7, 11) is -3.51. The minimum atomic E-state index is -3.51. The molecule has 3 rings (SSSR count). The summed E-state index contributed by atoms with van der Waals surface area (Å²) in [5, 5.41) is 12.8. The number of nitrogens with zero attached hydrogens (tertiary/aromatic N) is 2. The molecule has 9 heteroatoms. The van der Waals surface area contributed by atoms with Crippen LogP contribution in [0.5, 0.6) is 0 Å². The lowest BCUT2D eigenvalue weighted by molar-refractivity contribution is -0.115. The van der Waals surface area contributed by atoms with Crippen LogP contribution in [0.3, 0.4) is 0 Å². The van der Waals surface area contributed by atoms with Gasteiger partial charge in [-0.05, 0) is 38.0 Å². The quantitative estimate of drug-likeness (QED) is 0.721. The highest BCUT2D eigenvalue weighted by Crippen LogP contribution is 2.37. The summed E-state index contributed by atoms with van der Waals surface area (Å²) < 4.78 is 24.7. The van der Waals surface area contributed by atoms with E-state index in [1.54, 1.807) is 18.2 Å². The molecule has 1 aromatic carbocycles. The van der Waals surface area contributed by atoms with E-state index in [9.17, 15) is 18.5 Å². The van der Waals surface area contributed by atoms with Gasteiger partial charge < -0.3 is 5.32 Å². The Morgan fingerprint density at radius 3 is 2.62 bits per heavy atom. The number of fused-ring (bicyclic) bond motifs is 1. The fourth-order valence-electron chi connectivity index (χ4n) is 3.23. The van der Waals surface area contributed by atoms with Gasteiger partial charge in [-0.1, -0.05) is 18.2 Å². The largest absolute Gasteiger partial charge is 0.317 e. The molecule has 29 heavy (non-hydrogen) atoms. The van der Waals surface area contributed by atoms with E-state index in [4.69, 9.17) is 0 Å². The molecule has 2 aromatic rings. The van der Waals surface area contributed by atoms with Gasteiger partial charge in [0.2, 0.25) is 5.91 Å². The number of thiophene rings is 1. The van der Waals surface area contributed by atoms with Gasteiger partial charge >= 0.3 is 0 Å². The molecule has 2 heterocycles. The zero-order valence-electron chi connectivity index (χ0n) is 16.3. The highest BCUT2D eigenvalue weighted by Gasteiger charge is 2.26. The van der Waals surface area contributed by atoms with Gasteiger partial charge in [0.15, 0.2) is 9.84 Å². The number of anilines is 1. The average Bonchev–Trinajstić information content (AvgIpc) is 3.03. The number of benzene rings is 1. The van der Waals surface area contributed by atoms with Crippen LogP contribution < -0.4 is 5.32 Å². The number of carbonyl (C=O) groups is 1. The van der Waals surface area contributed by atoms with Crippen molar-refractivity contribution in [2.45, 2.75) is 44.2 Å². The van der Waals surface area contributed by atoms with Crippen molar-refractivity contribution in [1.82, 2.24) is 4.90 Å². The zero-order chi connectivity index (χ0) is 20.3. The molecule has 0 fully saturated rings. The van der Waals surface area contributed by atoms with Crippen LogP contribution in [-0.4, -0.2) is 37.6 Å². The maximum absolute atomic E-state index is 12.4. The van der Waals surface area contributed by atoms with Crippen molar-refractivity contribution in [3.8, 4) is 6.07 Å². The number of nitriles is 1. The van der Waals surface area contributed by atoms with Gasteiger partial charge in [0.1, 0.15) is 11.1 Å². The molecule has 0 saturated heterocycles. The Kier molecular flexibility index (Phi) is 7.83. The summed E-state index contributed by atoms with van der Waals surface area (Å²) in [5.41, 5.74) is 1.53. The van der Waals surface area contributed by atoms with Crippen molar-refractivity contribution >= 4 is 44.5 Å². The molecule has 0 spiro atoms. The predicted molar refractivity (Wildman–Crippen MR) is 117 cm³/mol. The van der Waals surface area contributed by atoms with Crippen LogP contribution >= 0.6 is 23.7 Å². The first-order valence-corrected chi connectivity index (χ1v) is 11.6. The van der Waals surface area contributed by atoms with Gasteiger partial charge in [-0.15, -0.1) is 23.7 Å². The number of amides is 1. The summed E-state index contributed by atoms with van der Waals surface area (Å²) in [5.74, 6) is -0.660. The molecular weight excluding hydrogens is 430 g/mol. The summed E-state index contributed by atoms with van der Waals surface area (Å²) >= 11 is 1.42. The number of hydrogen-bond donors (Lipinski definition) is 1. The Labute approximate surface area is 181 Å². The average molecular weight is 454 g/mol. The number of hydrogen-bond acceptors (Lipinski definition) is 6. The molecule has 0 saturated carbocycles. The molecule has 1 N–H and O–H groups in total. The molecule has 1 aliphatic rings. The van der Waals surface area contributed by atoms with E-state index >= 15 is 0 Å². The first-order valence-electron chi connectivity index (χ1n) is 9.18. The molecule has 0 aliphatic carbocycles. The molecule has 1 aromatic heterocycles. The maximum atomic E-state index is 12.4. The Morgan fingerprint density at radius 2 is 2.00 bits per heavy atom. The topological polar surface area (TPSA) is 90.3 Å². The van der Waals surface area contributed by atoms with E-state index in [0.29, 0.717) is 16.6 Å². The van der Waals surface area contributed by atoms with Crippen LogP contribution in [0.2, 0.25) is 0 Å². The summed E-state index contributed by atoms with van der Waals surface area (Å²) in [6.45, 7) is 5.93. The maximum Gasteiger partial charge on any atom is 0.226 e. The third-order valence-corrected chi connectivity index (χ3v) is 7.75. The van der Waals surface area contributed by atoms with Crippen molar-refractivity contribution in [1.29, 1.82) is 5.26 Å².